The molecule has 1 atom stereocenters. The van der Waals surface area contributed by atoms with Crippen molar-refractivity contribution in [2.75, 3.05) is 13.1 Å². The van der Waals surface area contributed by atoms with Gasteiger partial charge in [0.05, 0.1) is 13.1 Å². The molecule has 0 saturated carbocycles. The first kappa shape index (κ1) is 19.5. The van der Waals surface area contributed by atoms with E-state index >= 15 is 0 Å². The van der Waals surface area contributed by atoms with E-state index in [1.807, 2.05) is 0 Å². The lowest BCUT2D eigenvalue weighted by Gasteiger charge is -2.20. The summed E-state index contributed by atoms with van der Waals surface area (Å²) in [5, 5.41) is 4.14. The number of aryl methyl sites for hydroxylation is 1. The smallest absolute Gasteiger partial charge is 0.335 e. The maximum Gasteiger partial charge on any atom is 0.433 e. The molecule has 2 aliphatic rings. The first-order chi connectivity index (χ1) is 13.5. The van der Waals surface area contributed by atoms with Gasteiger partial charge in [0.1, 0.15) is 17.6 Å². The quantitative estimate of drug-likeness (QED) is 0.715. The van der Waals surface area contributed by atoms with Gasteiger partial charge in [-0.15, -0.1) is 0 Å². The predicted molar refractivity (Wildman–Crippen MR) is 88.3 cm³/mol. The lowest BCUT2D eigenvalue weighted by Crippen LogP contribution is -2.39. The molecule has 2 aromatic rings. The summed E-state index contributed by atoms with van der Waals surface area (Å²) in [6, 6.07) is 1.11. The Morgan fingerprint density at radius 3 is 2.62 bits per heavy atom. The summed E-state index contributed by atoms with van der Waals surface area (Å²) in [4.78, 5) is 29.7. The SMILES string of the molecule is O=C(C1CCc2nn(Cc3ccc(C(F)(F)F)nc3)c(=O)n21)N1CCC(F)(F)C1. The molecule has 2 aliphatic heterocycles. The van der Waals surface area contributed by atoms with Gasteiger partial charge in [-0.3, -0.25) is 14.3 Å². The molecule has 0 radical (unpaired) electrons. The van der Waals surface area contributed by atoms with Gasteiger partial charge in [-0.25, -0.2) is 18.3 Å². The Bertz CT molecular complexity index is 995. The molecule has 0 aliphatic carbocycles. The van der Waals surface area contributed by atoms with Crippen LogP contribution in [0.15, 0.2) is 23.1 Å². The molecule has 156 valence electrons. The number of fused-ring (bicyclic) bond motifs is 1. The van der Waals surface area contributed by atoms with E-state index < -0.39 is 48.4 Å². The zero-order valence-electron chi connectivity index (χ0n) is 15.0. The van der Waals surface area contributed by atoms with Crippen molar-refractivity contribution in [2.45, 2.75) is 43.9 Å². The van der Waals surface area contributed by atoms with Crippen LogP contribution >= 0.6 is 0 Å². The highest BCUT2D eigenvalue weighted by Gasteiger charge is 2.44. The fraction of sp³-hybridized carbons (Fsp3) is 0.529. The van der Waals surface area contributed by atoms with Crippen LogP contribution in [0.25, 0.3) is 0 Å². The Balaban J connectivity index is 1.54. The summed E-state index contributed by atoms with van der Waals surface area (Å²) in [6.07, 6.45) is -3.34. The van der Waals surface area contributed by atoms with Crippen molar-refractivity contribution < 1.29 is 26.7 Å². The van der Waals surface area contributed by atoms with Crippen LogP contribution in [0.5, 0.6) is 0 Å². The van der Waals surface area contributed by atoms with Gasteiger partial charge in [0.15, 0.2) is 0 Å². The van der Waals surface area contributed by atoms with E-state index in [-0.39, 0.29) is 13.1 Å². The summed E-state index contributed by atoms with van der Waals surface area (Å²) in [5.41, 5.74) is -1.32. The highest BCUT2D eigenvalue weighted by molar-refractivity contribution is 5.81. The monoisotopic (exact) mass is 417 g/mol. The number of carbonyl (C=O) groups is 1. The largest absolute Gasteiger partial charge is 0.433 e. The molecule has 1 amide bonds. The molecule has 0 spiro atoms. The minimum Gasteiger partial charge on any atom is -0.335 e. The average molecular weight is 417 g/mol. The number of aromatic nitrogens is 4. The second-order valence-corrected chi connectivity index (χ2v) is 7.20. The molecule has 0 N–H and O–H groups in total. The highest BCUT2D eigenvalue weighted by Crippen LogP contribution is 2.31. The average Bonchev–Trinajstić information content (AvgIpc) is 3.30. The molecule has 2 aromatic heterocycles. The number of hydrogen-bond acceptors (Lipinski definition) is 4. The summed E-state index contributed by atoms with van der Waals surface area (Å²) in [5.74, 6) is -3.13. The number of carbonyl (C=O) groups excluding carboxylic acids is 1. The summed E-state index contributed by atoms with van der Waals surface area (Å²) < 4.78 is 66.8. The van der Waals surface area contributed by atoms with Gasteiger partial charge in [-0.1, -0.05) is 6.07 Å². The molecule has 4 rings (SSSR count). The van der Waals surface area contributed by atoms with Crippen molar-refractivity contribution >= 4 is 5.91 Å². The third-order valence-electron chi connectivity index (χ3n) is 5.11. The predicted octanol–water partition coefficient (Wildman–Crippen LogP) is 1.86. The zero-order valence-corrected chi connectivity index (χ0v) is 15.0. The van der Waals surface area contributed by atoms with Crippen molar-refractivity contribution in [2.24, 2.45) is 0 Å². The number of amides is 1. The van der Waals surface area contributed by atoms with E-state index in [9.17, 15) is 31.5 Å². The third kappa shape index (κ3) is 3.62. The van der Waals surface area contributed by atoms with Crippen LogP contribution in [0.4, 0.5) is 22.0 Å². The first-order valence-corrected chi connectivity index (χ1v) is 8.92. The number of alkyl halides is 5. The Morgan fingerprint density at radius 2 is 2.03 bits per heavy atom. The Kier molecular flexibility index (Phi) is 4.46. The fourth-order valence-electron chi connectivity index (χ4n) is 3.67. The fourth-order valence-corrected chi connectivity index (χ4v) is 3.67. The van der Waals surface area contributed by atoms with Crippen LogP contribution in [0.3, 0.4) is 0 Å². The molecule has 12 heteroatoms. The Hall–Kier alpha value is -2.79. The number of hydrogen-bond donors (Lipinski definition) is 0. The van der Waals surface area contributed by atoms with Gasteiger partial charge in [-0.05, 0) is 18.1 Å². The van der Waals surface area contributed by atoms with Crippen LogP contribution in [0.2, 0.25) is 0 Å². The standard InChI is InChI=1S/C17H16F5N5O2/c18-16(19)5-6-25(9-16)14(28)11-2-4-13-24-26(15(29)27(11)13)8-10-1-3-12(23-7-10)17(20,21)22/h1,3,7,11H,2,4-6,8-9H2. The number of rotatable bonds is 3. The van der Waals surface area contributed by atoms with Crippen LogP contribution in [-0.4, -0.2) is 49.2 Å². The van der Waals surface area contributed by atoms with Crippen molar-refractivity contribution in [1.82, 2.24) is 24.2 Å². The number of likely N-dealkylation sites (tertiary alicyclic amines) is 1. The van der Waals surface area contributed by atoms with E-state index in [1.54, 1.807) is 0 Å². The Morgan fingerprint density at radius 1 is 1.28 bits per heavy atom. The normalized spacial score (nSPS) is 20.9. The molecule has 1 unspecified atom stereocenters. The molecule has 7 nitrogen and oxygen atoms in total. The zero-order chi connectivity index (χ0) is 21.0. The topological polar surface area (TPSA) is 73.0 Å². The van der Waals surface area contributed by atoms with E-state index in [2.05, 4.69) is 10.1 Å². The molecule has 29 heavy (non-hydrogen) atoms. The Labute approximate surface area is 160 Å². The van der Waals surface area contributed by atoms with Crippen molar-refractivity contribution in [1.29, 1.82) is 0 Å². The third-order valence-corrected chi connectivity index (χ3v) is 5.11. The van der Waals surface area contributed by atoms with Gasteiger partial charge in [0, 0.05) is 25.6 Å². The molecule has 1 fully saturated rings. The maximum absolute atomic E-state index is 13.4. The van der Waals surface area contributed by atoms with E-state index in [0.29, 0.717) is 24.2 Å². The molecule has 0 bridgehead atoms. The number of pyridine rings is 1. The summed E-state index contributed by atoms with van der Waals surface area (Å²) in [6.45, 7) is -0.859. The van der Waals surface area contributed by atoms with Crippen LogP contribution in [0, 0.1) is 0 Å². The summed E-state index contributed by atoms with van der Waals surface area (Å²) >= 11 is 0. The number of halogens is 5. The van der Waals surface area contributed by atoms with Gasteiger partial charge in [0.2, 0.25) is 5.91 Å². The highest BCUT2D eigenvalue weighted by atomic mass is 19.4. The van der Waals surface area contributed by atoms with E-state index in [4.69, 9.17) is 0 Å². The van der Waals surface area contributed by atoms with Crippen LogP contribution in [0.1, 0.15) is 36.0 Å². The number of nitrogens with zero attached hydrogens (tertiary/aromatic N) is 5. The van der Waals surface area contributed by atoms with Crippen molar-refractivity contribution in [3.8, 4) is 0 Å². The maximum atomic E-state index is 13.4. The molecular formula is C17H16F5N5O2. The van der Waals surface area contributed by atoms with Gasteiger partial charge < -0.3 is 4.90 Å². The second-order valence-electron chi connectivity index (χ2n) is 7.20. The lowest BCUT2D eigenvalue weighted by atomic mass is 10.2. The van der Waals surface area contributed by atoms with Crippen LogP contribution in [-0.2, 0) is 23.9 Å². The molecule has 0 aromatic carbocycles. The minimum atomic E-state index is -4.56. The summed E-state index contributed by atoms with van der Waals surface area (Å²) in [7, 11) is 0. The van der Waals surface area contributed by atoms with Crippen molar-refractivity contribution in [3.63, 3.8) is 0 Å². The minimum absolute atomic E-state index is 0.0716. The van der Waals surface area contributed by atoms with E-state index in [0.717, 1.165) is 21.8 Å². The molecular weight excluding hydrogens is 401 g/mol. The van der Waals surface area contributed by atoms with Gasteiger partial charge in [0.25, 0.3) is 5.92 Å². The van der Waals surface area contributed by atoms with Crippen LogP contribution < -0.4 is 5.69 Å². The van der Waals surface area contributed by atoms with Gasteiger partial charge >= 0.3 is 11.9 Å². The van der Waals surface area contributed by atoms with E-state index in [1.165, 1.54) is 10.6 Å². The van der Waals surface area contributed by atoms with Gasteiger partial charge in [-0.2, -0.15) is 18.3 Å². The molecule has 1 saturated heterocycles. The first-order valence-electron chi connectivity index (χ1n) is 8.92. The lowest BCUT2D eigenvalue weighted by molar-refractivity contribution is -0.141. The second kappa shape index (κ2) is 6.63. The van der Waals surface area contributed by atoms with Crippen molar-refractivity contribution in [3.05, 3.63) is 45.9 Å². The molecule has 4 heterocycles.